The molecular formula is C29H29ClN2O3. The van der Waals surface area contributed by atoms with E-state index in [1.54, 1.807) is 19.1 Å². The van der Waals surface area contributed by atoms with E-state index in [0.29, 0.717) is 29.5 Å². The monoisotopic (exact) mass is 488 g/mol. The molecule has 35 heavy (non-hydrogen) atoms. The van der Waals surface area contributed by atoms with Gasteiger partial charge in [0.2, 0.25) is 5.91 Å². The first-order valence-electron chi connectivity index (χ1n) is 12.1. The molecule has 0 spiro atoms. The molecule has 0 N–H and O–H groups in total. The molecule has 3 atom stereocenters. The van der Waals surface area contributed by atoms with Crippen LogP contribution in [-0.4, -0.2) is 24.5 Å². The molecule has 0 bridgehead atoms. The quantitative estimate of drug-likeness (QED) is 0.409. The summed E-state index contributed by atoms with van der Waals surface area (Å²) >= 11 is 6.10. The molecule has 2 aliphatic heterocycles. The highest BCUT2D eigenvalue weighted by atomic mass is 35.5. The maximum absolute atomic E-state index is 13.9. The van der Waals surface area contributed by atoms with Crippen molar-refractivity contribution in [3.05, 3.63) is 88.4 Å². The molecule has 5 nitrogen and oxygen atoms in total. The van der Waals surface area contributed by atoms with Crippen LogP contribution in [0.25, 0.3) is 0 Å². The van der Waals surface area contributed by atoms with Gasteiger partial charge in [-0.05, 0) is 85.3 Å². The molecule has 5 rings (SSSR count). The number of para-hydroxylation sites is 1. The number of benzene rings is 3. The number of fused-ring (bicyclic) bond motifs is 2. The average molecular weight is 489 g/mol. The summed E-state index contributed by atoms with van der Waals surface area (Å²) < 4.78 is 5.79. The maximum Gasteiger partial charge on any atom is 0.258 e. The van der Waals surface area contributed by atoms with Gasteiger partial charge in [-0.3, -0.25) is 9.59 Å². The predicted molar refractivity (Wildman–Crippen MR) is 140 cm³/mol. The van der Waals surface area contributed by atoms with Crippen molar-refractivity contribution in [1.29, 1.82) is 0 Å². The Balaban J connectivity index is 1.54. The van der Waals surface area contributed by atoms with Gasteiger partial charge >= 0.3 is 0 Å². The normalized spacial score (nSPS) is 20.9. The second-order valence-corrected chi connectivity index (χ2v) is 9.93. The first-order valence-corrected chi connectivity index (χ1v) is 12.5. The Hall–Kier alpha value is -3.31. The van der Waals surface area contributed by atoms with Crippen LogP contribution in [0.3, 0.4) is 0 Å². The van der Waals surface area contributed by atoms with Crippen molar-refractivity contribution in [1.82, 2.24) is 0 Å². The maximum atomic E-state index is 13.9. The Labute approximate surface area is 211 Å². The highest BCUT2D eigenvalue weighted by Gasteiger charge is 2.38. The largest absolute Gasteiger partial charge is 0.493 e. The lowest BCUT2D eigenvalue weighted by atomic mass is 9.88. The summed E-state index contributed by atoms with van der Waals surface area (Å²) in [5.74, 6) is 1.13. The minimum absolute atomic E-state index is 0.0372. The highest BCUT2D eigenvalue weighted by Crippen LogP contribution is 2.43. The Morgan fingerprint density at radius 2 is 1.74 bits per heavy atom. The van der Waals surface area contributed by atoms with Gasteiger partial charge in [0, 0.05) is 34.9 Å². The van der Waals surface area contributed by atoms with Crippen molar-refractivity contribution in [3.8, 4) is 5.75 Å². The van der Waals surface area contributed by atoms with Crippen molar-refractivity contribution >= 4 is 34.8 Å². The summed E-state index contributed by atoms with van der Waals surface area (Å²) in [6, 6.07) is 20.7. The fourth-order valence-electron chi connectivity index (χ4n) is 5.36. The number of carbonyl (C=O) groups excluding carboxylic acids is 2. The van der Waals surface area contributed by atoms with Crippen LogP contribution in [0.5, 0.6) is 5.75 Å². The van der Waals surface area contributed by atoms with Gasteiger partial charge in [0.05, 0.1) is 12.6 Å². The van der Waals surface area contributed by atoms with E-state index >= 15 is 0 Å². The van der Waals surface area contributed by atoms with Crippen molar-refractivity contribution in [2.24, 2.45) is 0 Å². The van der Waals surface area contributed by atoms with Crippen LogP contribution in [0.1, 0.15) is 67.1 Å². The van der Waals surface area contributed by atoms with Crippen LogP contribution >= 0.6 is 11.6 Å². The number of nitrogens with zero attached hydrogens (tertiary/aromatic N) is 2. The van der Waals surface area contributed by atoms with Crippen LogP contribution in [0.4, 0.5) is 11.4 Å². The molecule has 2 aliphatic rings. The summed E-state index contributed by atoms with van der Waals surface area (Å²) in [7, 11) is 0. The Morgan fingerprint density at radius 1 is 1.00 bits per heavy atom. The third kappa shape index (κ3) is 4.30. The number of rotatable bonds is 3. The molecule has 1 unspecified atom stereocenters. The number of amides is 2. The molecule has 2 amide bonds. The molecular weight excluding hydrogens is 460 g/mol. The molecule has 3 aromatic rings. The lowest BCUT2D eigenvalue weighted by Crippen LogP contribution is -2.47. The number of anilines is 2. The number of hydrogen-bond acceptors (Lipinski definition) is 3. The first kappa shape index (κ1) is 23.4. The fourth-order valence-corrected chi connectivity index (χ4v) is 5.48. The number of hydrogen-bond donors (Lipinski definition) is 0. The van der Waals surface area contributed by atoms with Crippen LogP contribution in [-0.2, 0) is 4.79 Å². The zero-order valence-electron chi connectivity index (χ0n) is 20.2. The van der Waals surface area contributed by atoms with Gasteiger partial charge in [-0.2, -0.15) is 0 Å². The standard InChI is InChI=1S/C29H29ClN2O3/c1-18-14-15-35-28-13-8-21(17-25(18)28)29(34)31-19(2)16-27(24-6-4-5-7-26(24)31)32(20(3)33)23-11-9-22(30)10-12-23/h4-13,17-19,27H,14-16H2,1-3H3/t18?,19-,27+/m0/s1. The topological polar surface area (TPSA) is 49.9 Å². The van der Waals surface area contributed by atoms with Crippen molar-refractivity contribution in [2.75, 3.05) is 16.4 Å². The van der Waals surface area contributed by atoms with E-state index in [4.69, 9.17) is 16.3 Å². The fraction of sp³-hybridized carbons (Fsp3) is 0.310. The van der Waals surface area contributed by atoms with Crippen molar-refractivity contribution < 1.29 is 14.3 Å². The average Bonchev–Trinajstić information content (AvgIpc) is 2.85. The molecule has 3 aromatic carbocycles. The second kappa shape index (κ2) is 9.38. The smallest absolute Gasteiger partial charge is 0.258 e. The third-order valence-electron chi connectivity index (χ3n) is 7.13. The zero-order chi connectivity index (χ0) is 24.7. The minimum atomic E-state index is -0.194. The predicted octanol–water partition coefficient (Wildman–Crippen LogP) is 6.76. The SMILES string of the molecule is CC(=O)N(c1ccc(Cl)cc1)[C@@H]1C[C@H](C)N(C(=O)c2ccc3c(c2)C(C)CCO3)c2ccccc21. The van der Waals surface area contributed by atoms with Gasteiger partial charge in [-0.1, -0.05) is 36.7 Å². The minimum Gasteiger partial charge on any atom is -0.493 e. The van der Waals surface area contributed by atoms with E-state index < -0.39 is 0 Å². The summed E-state index contributed by atoms with van der Waals surface area (Å²) in [6.07, 6.45) is 1.57. The van der Waals surface area contributed by atoms with Gasteiger partial charge in [0.15, 0.2) is 0 Å². The molecule has 6 heteroatoms. The molecule has 0 aromatic heterocycles. The van der Waals surface area contributed by atoms with Crippen molar-refractivity contribution in [2.45, 2.75) is 51.6 Å². The molecule has 180 valence electrons. The lowest BCUT2D eigenvalue weighted by Gasteiger charge is -2.43. The molecule has 0 saturated heterocycles. The number of carbonyl (C=O) groups is 2. The van der Waals surface area contributed by atoms with Crippen LogP contribution in [0, 0.1) is 0 Å². The summed E-state index contributed by atoms with van der Waals surface area (Å²) in [6.45, 7) is 6.51. The number of ether oxygens (including phenoxy) is 1. The highest BCUT2D eigenvalue weighted by molar-refractivity contribution is 6.30. The summed E-state index contributed by atoms with van der Waals surface area (Å²) in [5.41, 5.74) is 4.32. The molecule has 0 radical (unpaired) electrons. The number of halogens is 1. The van der Waals surface area contributed by atoms with Crippen LogP contribution < -0.4 is 14.5 Å². The van der Waals surface area contributed by atoms with E-state index in [0.717, 1.165) is 34.7 Å². The van der Waals surface area contributed by atoms with E-state index in [1.807, 2.05) is 71.3 Å². The van der Waals surface area contributed by atoms with E-state index in [1.165, 1.54) is 0 Å². The van der Waals surface area contributed by atoms with Gasteiger partial charge in [0.1, 0.15) is 5.75 Å². The van der Waals surface area contributed by atoms with E-state index in [9.17, 15) is 9.59 Å². The Kier molecular flexibility index (Phi) is 6.28. The molecule has 2 heterocycles. The van der Waals surface area contributed by atoms with Gasteiger partial charge < -0.3 is 14.5 Å². The first-order chi connectivity index (χ1) is 16.8. The van der Waals surface area contributed by atoms with Crippen molar-refractivity contribution in [3.63, 3.8) is 0 Å². The van der Waals surface area contributed by atoms with Crippen LogP contribution in [0.2, 0.25) is 5.02 Å². The van der Waals surface area contributed by atoms with Crippen LogP contribution in [0.15, 0.2) is 66.7 Å². The molecule has 0 fully saturated rings. The lowest BCUT2D eigenvalue weighted by molar-refractivity contribution is -0.117. The van der Waals surface area contributed by atoms with Gasteiger partial charge in [-0.25, -0.2) is 0 Å². The molecule has 0 aliphatic carbocycles. The van der Waals surface area contributed by atoms with E-state index in [-0.39, 0.29) is 23.9 Å². The zero-order valence-corrected chi connectivity index (χ0v) is 21.0. The third-order valence-corrected chi connectivity index (χ3v) is 7.38. The van der Waals surface area contributed by atoms with E-state index in [2.05, 4.69) is 6.92 Å². The summed E-state index contributed by atoms with van der Waals surface area (Å²) in [5, 5.41) is 0.621. The van der Waals surface area contributed by atoms with Gasteiger partial charge in [0.25, 0.3) is 5.91 Å². The Morgan fingerprint density at radius 3 is 2.49 bits per heavy atom. The van der Waals surface area contributed by atoms with Gasteiger partial charge in [-0.15, -0.1) is 0 Å². The second-order valence-electron chi connectivity index (χ2n) is 9.49. The summed E-state index contributed by atoms with van der Waals surface area (Å²) in [4.78, 5) is 30.4. The molecule has 0 saturated carbocycles. The Bertz CT molecular complexity index is 1270.